The Labute approximate surface area is 134 Å². The molecular weight excluding hydrogens is 344 g/mol. The van der Waals surface area contributed by atoms with Gasteiger partial charge in [-0.05, 0) is 40.0 Å². The second kappa shape index (κ2) is 4.98. The molecule has 0 amide bonds. The van der Waals surface area contributed by atoms with Crippen LogP contribution >= 0.6 is 23.1 Å². The summed E-state index contributed by atoms with van der Waals surface area (Å²) in [6.07, 6.45) is 1.80. The number of rotatable bonds is 4. The Balaban J connectivity index is 1.93. The summed E-state index contributed by atoms with van der Waals surface area (Å²) in [5.74, 6) is 0. The average molecular weight is 354 g/mol. The number of hydrogen-bond acceptors (Lipinski definition) is 10. The molecule has 0 bridgehead atoms. The maximum atomic E-state index is 13.0. The lowest BCUT2D eigenvalue weighted by Gasteiger charge is -2.22. The molecule has 11 heteroatoms. The first-order chi connectivity index (χ1) is 10.6. The summed E-state index contributed by atoms with van der Waals surface area (Å²) in [5, 5.41) is 15.8. The third-order valence-electron chi connectivity index (χ3n) is 3.50. The van der Waals surface area contributed by atoms with Gasteiger partial charge in [0.15, 0.2) is 5.03 Å². The van der Waals surface area contributed by atoms with Crippen molar-refractivity contribution in [2.45, 2.75) is 16.7 Å². The van der Waals surface area contributed by atoms with Crippen molar-refractivity contribution >= 4 is 38.0 Å². The fourth-order valence-corrected chi connectivity index (χ4v) is 6.13. The normalized spacial score (nSPS) is 23.0. The van der Waals surface area contributed by atoms with Crippen LogP contribution in [0.3, 0.4) is 0 Å². The predicted octanol–water partition coefficient (Wildman–Crippen LogP) is 1.49. The van der Waals surface area contributed by atoms with Gasteiger partial charge in [0.1, 0.15) is 15.3 Å². The van der Waals surface area contributed by atoms with Crippen LogP contribution in [0.2, 0.25) is 0 Å². The first-order valence-electron chi connectivity index (χ1n) is 6.36. The average Bonchev–Trinajstić information content (AvgIpc) is 3.21. The molecule has 1 atom stereocenters. The van der Waals surface area contributed by atoms with Crippen molar-refractivity contribution in [2.75, 3.05) is 6.54 Å². The number of sulfone groups is 1. The molecular formula is C11H10N6O2S3. The molecule has 0 spiro atoms. The maximum absolute atomic E-state index is 13.0. The highest BCUT2D eigenvalue weighted by Gasteiger charge is 2.49. The van der Waals surface area contributed by atoms with Crippen LogP contribution < -0.4 is 5.73 Å². The summed E-state index contributed by atoms with van der Waals surface area (Å²) in [7, 11) is -3.71. The number of thiazole rings is 1. The summed E-state index contributed by atoms with van der Waals surface area (Å²) < 4.78 is 26.1. The number of hydrogen-bond donors (Lipinski definition) is 1. The van der Waals surface area contributed by atoms with Crippen LogP contribution in [0.5, 0.6) is 0 Å². The molecule has 0 radical (unpaired) electrons. The van der Waals surface area contributed by atoms with Gasteiger partial charge < -0.3 is 5.73 Å². The third-order valence-corrected chi connectivity index (χ3v) is 7.51. The van der Waals surface area contributed by atoms with E-state index in [1.807, 2.05) is 5.41 Å². The van der Waals surface area contributed by atoms with Crippen molar-refractivity contribution < 1.29 is 8.42 Å². The van der Waals surface area contributed by atoms with Gasteiger partial charge in [-0.1, -0.05) is 11.8 Å². The summed E-state index contributed by atoms with van der Waals surface area (Å²) in [4.78, 5) is 3.86. The van der Waals surface area contributed by atoms with E-state index in [2.05, 4.69) is 20.5 Å². The van der Waals surface area contributed by atoms with E-state index in [9.17, 15) is 8.42 Å². The molecule has 2 N–H and O–H groups in total. The number of aromatic nitrogens is 1. The lowest BCUT2D eigenvalue weighted by atomic mass is 10.0. The summed E-state index contributed by atoms with van der Waals surface area (Å²) in [6.45, 7) is 0.350. The van der Waals surface area contributed by atoms with Crippen LogP contribution in [0, 0.1) is 0 Å². The van der Waals surface area contributed by atoms with Gasteiger partial charge in [-0.15, -0.1) is 16.4 Å². The van der Waals surface area contributed by atoms with E-state index in [4.69, 9.17) is 5.73 Å². The quantitative estimate of drug-likeness (QED) is 0.876. The molecule has 0 fully saturated rings. The Morgan fingerprint density at radius 1 is 1.41 bits per heavy atom. The van der Waals surface area contributed by atoms with Gasteiger partial charge in [-0.25, -0.2) is 13.4 Å². The van der Waals surface area contributed by atoms with Crippen LogP contribution in [0.15, 0.2) is 53.0 Å². The maximum Gasteiger partial charge on any atom is 0.234 e. The Hall–Kier alpha value is -1.56. The molecule has 3 aliphatic rings. The minimum atomic E-state index is -3.71. The molecule has 4 rings (SSSR count). The standard InChI is InChI=1S/C11H10N6O2S3/c12-2-1-6-7-4-20-10-9(7)17(16-15-14-10)11(6)22(18,19)8-3-13-5-21-8/h3-5,9H,1-2,12H2. The van der Waals surface area contributed by atoms with E-state index in [1.54, 1.807) is 0 Å². The highest BCUT2D eigenvalue weighted by atomic mass is 32.2. The molecule has 0 aliphatic carbocycles. The molecule has 1 unspecified atom stereocenters. The monoisotopic (exact) mass is 354 g/mol. The molecule has 1 aromatic rings. The number of nitrogens with zero attached hydrogens (tertiary/aromatic N) is 5. The molecule has 8 nitrogen and oxygen atoms in total. The first-order valence-corrected chi connectivity index (χ1v) is 9.60. The van der Waals surface area contributed by atoms with Crippen molar-refractivity contribution in [1.82, 2.24) is 9.99 Å². The zero-order chi connectivity index (χ0) is 15.3. The Kier molecular flexibility index (Phi) is 3.18. The molecule has 4 heterocycles. The SMILES string of the molecule is NCCC1=C(S(=O)(=O)c2cncs2)N2N=NN=C3SC=C1C32. The smallest absolute Gasteiger partial charge is 0.234 e. The fourth-order valence-electron chi connectivity index (χ4n) is 2.63. The van der Waals surface area contributed by atoms with Crippen LogP contribution in [0.1, 0.15) is 6.42 Å². The zero-order valence-corrected chi connectivity index (χ0v) is 13.5. The number of nitrogens with two attached hydrogens (primary N) is 1. The topological polar surface area (TPSA) is 113 Å². The van der Waals surface area contributed by atoms with E-state index in [1.165, 1.54) is 28.5 Å². The van der Waals surface area contributed by atoms with Crippen molar-refractivity contribution in [1.29, 1.82) is 0 Å². The van der Waals surface area contributed by atoms with Gasteiger partial charge in [0, 0.05) is 0 Å². The van der Waals surface area contributed by atoms with E-state index < -0.39 is 9.84 Å². The van der Waals surface area contributed by atoms with Gasteiger partial charge in [-0.2, -0.15) is 0 Å². The highest BCUT2D eigenvalue weighted by Crippen LogP contribution is 2.48. The van der Waals surface area contributed by atoms with E-state index >= 15 is 0 Å². The minimum Gasteiger partial charge on any atom is -0.330 e. The van der Waals surface area contributed by atoms with Crippen molar-refractivity contribution in [3.8, 4) is 0 Å². The van der Waals surface area contributed by atoms with Gasteiger partial charge in [0.05, 0.1) is 11.7 Å². The predicted molar refractivity (Wildman–Crippen MR) is 83.6 cm³/mol. The second-order valence-electron chi connectivity index (χ2n) is 4.70. The van der Waals surface area contributed by atoms with Gasteiger partial charge in [0.25, 0.3) is 0 Å². The van der Waals surface area contributed by atoms with E-state index in [-0.39, 0.29) is 15.3 Å². The third kappa shape index (κ3) is 1.82. The molecule has 0 saturated heterocycles. The van der Waals surface area contributed by atoms with E-state index in [0.29, 0.717) is 18.5 Å². The molecule has 0 saturated carbocycles. The molecule has 22 heavy (non-hydrogen) atoms. The largest absolute Gasteiger partial charge is 0.330 e. The van der Waals surface area contributed by atoms with Crippen molar-refractivity contribution in [2.24, 2.45) is 21.3 Å². The Morgan fingerprint density at radius 3 is 3.00 bits per heavy atom. The van der Waals surface area contributed by atoms with Crippen LogP contribution in [-0.2, 0) is 9.84 Å². The minimum absolute atomic E-state index is 0.148. The summed E-state index contributed by atoms with van der Waals surface area (Å²) in [6, 6.07) is -0.290. The lowest BCUT2D eigenvalue weighted by Crippen LogP contribution is -2.33. The summed E-state index contributed by atoms with van der Waals surface area (Å²) in [5.41, 5.74) is 8.76. The van der Waals surface area contributed by atoms with Gasteiger partial charge >= 0.3 is 0 Å². The molecule has 3 aliphatic heterocycles. The lowest BCUT2D eigenvalue weighted by molar-refractivity contribution is 0.353. The van der Waals surface area contributed by atoms with Crippen LogP contribution in [0.4, 0.5) is 0 Å². The van der Waals surface area contributed by atoms with Crippen molar-refractivity contribution in [3.63, 3.8) is 0 Å². The fraction of sp³-hybridized carbons (Fsp3) is 0.273. The van der Waals surface area contributed by atoms with Gasteiger partial charge in [0.2, 0.25) is 9.84 Å². The Morgan fingerprint density at radius 2 is 2.27 bits per heavy atom. The Bertz CT molecular complexity index is 852. The number of thioether (sulfide) groups is 1. The molecule has 1 aromatic heterocycles. The second-order valence-corrected chi connectivity index (χ2v) is 8.57. The molecule has 0 aromatic carbocycles. The van der Waals surface area contributed by atoms with E-state index in [0.717, 1.165) is 22.0 Å². The first kappa shape index (κ1) is 14.1. The van der Waals surface area contributed by atoms with Crippen LogP contribution in [0.25, 0.3) is 0 Å². The summed E-state index contributed by atoms with van der Waals surface area (Å²) >= 11 is 2.52. The van der Waals surface area contributed by atoms with Crippen LogP contribution in [-0.4, -0.2) is 36.0 Å². The highest BCUT2D eigenvalue weighted by molar-refractivity contribution is 8.17. The van der Waals surface area contributed by atoms with Gasteiger partial charge in [-0.3, -0.25) is 4.98 Å². The van der Waals surface area contributed by atoms with Crippen molar-refractivity contribution in [3.05, 3.63) is 33.3 Å². The zero-order valence-electron chi connectivity index (χ0n) is 11.1. The molecule has 114 valence electrons.